The average molecular weight is 468 g/mol. The number of carbonyl (C=O) groups is 1. The van der Waals surface area contributed by atoms with Crippen LogP contribution in [0, 0.1) is 0 Å². The first kappa shape index (κ1) is 21.8. The molecule has 5 rings (SSSR count). The number of rotatable bonds is 6. The first-order valence-corrected chi connectivity index (χ1v) is 12.4. The van der Waals surface area contributed by atoms with Crippen LogP contribution in [0.15, 0.2) is 40.5 Å². The second-order valence-electron chi connectivity index (χ2n) is 8.51. The minimum atomic E-state index is -0.0333. The van der Waals surface area contributed by atoms with E-state index in [-0.39, 0.29) is 11.5 Å². The van der Waals surface area contributed by atoms with Crippen molar-refractivity contribution >= 4 is 39.1 Å². The first-order chi connectivity index (χ1) is 16.1. The minimum absolute atomic E-state index is 0.0333. The van der Waals surface area contributed by atoms with Crippen molar-refractivity contribution < 1.29 is 9.53 Å². The summed E-state index contributed by atoms with van der Waals surface area (Å²) in [5.74, 6) is 1.64. The summed E-state index contributed by atoms with van der Waals surface area (Å²) in [6.45, 7) is 5.12. The molecular formula is C24H29N5O3S. The third-order valence-corrected chi connectivity index (χ3v) is 7.45. The van der Waals surface area contributed by atoms with Gasteiger partial charge in [-0.1, -0.05) is 0 Å². The zero-order chi connectivity index (χ0) is 22.8. The lowest BCUT2D eigenvalue weighted by atomic mass is 10.2. The highest BCUT2D eigenvalue weighted by Gasteiger charge is 2.24. The molecule has 8 nitrogen and oxygen atoms in total. The fourth-order valence-electron chi connectivity index (χ4n) is 4.66. The zero-order valence-corrected chi connectivity index (χ0v) is 19.7. The van der Waals surface area contributed by atoms with Gasteiger partial charge in [0.05, 0.1) is 12.6 Å². The Morgan fingerprint density at radius 1 is 1.00 bits per heavy atom. The number of ether oxygens (including phenoxy) is 1. The number of piperazine rings is 1. The van der Waals surface area contributed by atoms with Crippen molar-refractivity contribution in [2.24, 2.45) is 0 Å². The molecule has 0 unspecified atom stereocenters. The number of hydrogen-bond donors (Lipinski definition) is 0. The van der Waals surface area contributed by atoms with Crippen LogP contribution < -0.4 is 20.1 Å². The smallest absolute Gasteiger partial charge is 0.272 e. The standard InChI is InChI=1S/C24H29N5O3S/c1-32-19-6-4-18(5-7-19)26-13-15-27(16-14-26)21(30)8-12-29-23(31)22-20(9-17-33-22)25-24(29)28-10-2-3-11-28/h4-7,9,17H,2-3,8,10-16H2,1H3. The molecule has 0 radical (unpaired) electrons. The highest BCUT2D eigenvalue weighted by Crippen LogP contribution is 2.23. The number of methoxy groups -OCH3 is 1. The monoisotopic (exact) mass is 467 g/mol. The Hall–Kier alpha value is -3.07. The number of amides is 1. The number of thiophene rings is 1. The van der Waals surface area contributed by atoms with E-state index in [1.165, 1.54) is 11.3 Å². The topological polar surface area (TPSA) is 70.9 Å². The normalized spacial score (nSPS) is 16.6. The van der Waals surface area contributed by atoms with Gasteiger partial charge in [0.1, 0.15) is 10.4 Å². The lowest BCUT2D eigenvalue weighted by molar-refractivity contribution is -0.131. The highest BCUT2D eigenvalue weighted by atomic mass is 32.1. The fraction of sp³-hybridized carbons (Fsp3) is 0.458. The quantitative estimate of drug-likeness (QED) is 0.555. The summed E-state index contributed by atoms with van der Waals surface area (Å²) in [4.78, 5) is 37.3. The average Bonchev–Trinajstić information content (AvgIpc) is 3.56. The Morgan fingerprint density at radius 3 is 2.42 bits per heavy atom. The lowest BCUT2D eigenvalue weighted by Crippen LogP contribution is -2.49. The molecule has 0 N–H and O–H groups in total. The van der Waals surface area contributed by atoms with Crippen LogP contribution in [-0.2, 0) is 11.3 Å². The van der Waals surface area contributed by atoms with Crippen LogP contribution in [0.1, 0.15) is 19.3 Å². The molecule has 1 aromatic carbocycles. The summed E-state index contributed by atoms with van der Waals surface area (Å²) in [6, 6.07) is 9.92. The van der Waals surface area contributed by atoms with E-state index in [2.05, 4.69) is 21.9 Å². The summed E-state index contributed by atoms with van der Waals surface area (Å²) in [5.41, 5.74) is 1.86. The summed E-state index contributed by atoms with van der Waals surface area (Å²) in [5, 5.41) is 1.91. The second kappa shape index (κ2) is 9.43. The maximum absolute atomic E-state index is 13.2. The molecular weight excluding hydrogens is 438 g/mol. The predicted octanol–water partition coefficient (Wildman–Crippen LogP) is 2.81. The van der Waals surface area contributed by atoms with Gasteiger partial charge in [0.25, 0.3) is 5.56 Å². The van der Waals surface area contributed by atoms with Crippen LogP contribution in [0.25, 0.3) is 10.2 Å². The number of anilines is 2. The highest BCUT2D eigenvalue weighted by molar-refractivity contribution is 7.17. The third-order valence-electron chi connectivity index (χ3n) is 6.55. The molecule has 0 aliphatic carbocycles. The Balaban J connectivity index is 1.24. The number of nitrogens with zero attached hydrogens (tertiary/aromatic N) is 5. The van der Waals surface area contributed by atoms with E-state index in [1.54, 1.807) is 11.7 Å². The number of carbonyl (C=O) groups excluding carboxylic acids is 1. The van der Waals surface area contributed by atoms with Crippen molar-refractivity contribution in [1.82, 2.24) is 14.5 Å². The summed E-state index contributed by atoms with van der Waals surface area (Å²) in [7, 11) is 1.66. The molecule has 0 bridgehead atoms. The molecule has 9 heteroatoms. The van der Waals surface area contributed by atoms with E-state index < -0.39 is 0 Å². The number of hydrogen-bond acceptors (Lipinski definition) is 7. The maximum Gasteiger partial charge on any atom is 0.272 e. The van der Waals surface area contributed by atoms with E-state index >= 15 is 0 Å². The van der Waals surface area contributed by atoms with Gasteiger partial charge >= 0.3 is 0 Å². The summed E-state index contributed by atoms with van der Waals surface area (Å²) in [6.07, 6.45) is 2.52. The van der Waals surface area contributed by atoms with Crippen molar-refractivity contribution in [2.75, 3.05) is 56.2 Å². The van der Waals surface area contributed by atoms with Crippen LogP contribution in [0.4, 0.5) is 11.6 Å². The second-order valence-corrected chi connectivity index (χ2v) is 9.43. The summed E-state index contributed by atoms with van der Waals surface area (Å²) >= 11 is 1.42. The number of fused-ring (bicyclic) bond motifs is 1. The van der Waals surface area contributed by atoms with E-state index in [0.29, 0.717) is 36.7 Å². The lowest BCUT2D eigenvalue weighted by Gasteiger charge is -2.36. The van der Waals surface area contributed by atoms with Crippen LogP contribution in [0.2, 0.25) is 0 Å². The Kier molecular flexibility index (Phi) is 6.22. The molecule has 2 aliphatic rings. The van der Waals surface area contributed by atoms with Crippen LogP contribution in [0.5, 0.6) is 5.75 Å². The van der Waals surface area contributed by atoms with Crippen molar-refractivity contribution in [1.29, 1.82) is 0 Å². The van der Waals surface area contributed by atoms with Gasteiger partial charge < -0.3 is 19.4 Å². The number of aromatic nitrogens is 2. The molecule has 0 saturated carbocycles. The first-order valence-electron chi connectivity index (χ1n) is 11.5. The van der Waals surface area contributed by atoms with E-state index in [0.717, 1.165) is 56.0 Å². The van der Waals surface area contributed by atoms with E-state index in [4.69, 9.17) is 9.72 Å². The minimum Gasteiger partial charge on any atom is -0.497 e. The van der Waals surface area contributed by atoms with Crippen molar-refractivity contribution in [3.63, 3.8) is 0 Å². The van der Waals surface area contributed by atoms with Crippen molar-refractivity contribution in [3.05, 3.63) is 46.1 Å². The van der Waals surface area contributed by atoms with Crippen LogP contribution >= 0.6 is 11.3 Å². The molecule has 0 atom stereocenters. The van der Waals surface area contributed by atoms with Crippen molar-refractivity contribution in [3.8, 4) is 5.75 Å². The molecule has 2 saturated heterocycles. The fourth-order valence-corrected chi connectivity index (χ4v) is 5.44. The zero-order valence-electron chi connectivity index (χ0n) is 18.9. The van der Waals surface area contributed by atoms with E-state index in [9.17, 15) is 9.59 Å². The molecule has 2 fully saturated rings. The van der Waals surface area contributed by atoms with Gasteiger partial charge in [-0.25, -0.2) is 4.98 Å². The Labute approximate surface area is 197 Å². The molecule has 0 spiro atoms. The van der Waals surface area contributed by atoms with Gasteiger partial charge in [0.15, 0.2) is 0 Å². The van der Waals surface area contributed by atoms with Gasteiger partial charge in [-0.15, -0.1) is 11.3 Å². The van der Waals surface area contributed by atoms with Crippen LogP contribution in [-0.4, -0.2) is 66.7 Å². The molecule has 3 aromatic rings. The molecule has 2 aliphatic heterocycles. The SMILES string of the molecule is COc1ccc(N2CCN(C(=O)CCn3c(N4CCCC4)nc4ccsc4c3=O)CC2)cc1. The van der Waals surface area contributed by atoms with E-state index in [1.807, 2.05) is 28.5 Å². The third kappa shape index (κ3) is 4.42. The maximum atomic E-state index is 13.2. The molecule has 1 amide bonds. The van der Waals surface area contributed by atoms with Gasteiger partial charge in [-0.3, -0.25) is 14.2 Å². The Morgan fingerprint density at radius 2 is 1.73 bits per heavy atom. The molecule has 4 heterocycles. The van der Waals surface area contributed by atoms with Gasteiger partial charge in [-0.05, 0) is 48.6 Å². The predicted molar refractivity (Wildman–Crippen MR) is 132 cm³/mol. The number of benzene rings is 1. The van der Waals surface area contributed by atoms with Gasteiger partial charge in [0.2, 0.25) is 11.9 Å². The van der Waals surface area contributed by atoms with Gasteiger partial charge in [0, 0.05) is 57.9 Å². The largest absolute Gasteiger partial charge is 0.497 e. The van der Waals surface area contributed by atoms with Crippen molar-refractivity contribution in [2.45, 2.75) is 25.8 Å². The van der Waals surface area contributed by atoms with Crippen LogP contribution in [0.3, 0.4) is 0 Å². The molecule has 33 heavy (non-hydrogen) atoms. The summed E-state index contributed by atoms with van der Waals surface area (Å²) < 4.78 is 7.62. The molecule has 2 aromatic heterocycles. The van der Waals surface area contributed by atoms with Gasteiger partial charge in [-0.2, -0.15) is 0 Å². The Bertz CT molecular complexity index is 1180. The molecule has 174 valence electrons.